The number of fused-ring (bicyclic) bond motifs is 2. The molecule has 2 aliphatic rings. The minimum atomic E-state index is -0.848. The molecule has 0 amide bonds. The maximum absolute atomic E-state index is 10.8. The van der Waals surface area contributed by atoms with E-state index in [0.717, 1.165) is 36.9 Å². The fraction of sp³-hybridized carbons (Fsp3) is 0.375. The molecule has 1 aromatic carbocycles. The molecule has 0 saturated carbocycles. The monoisotopic (exact) mass is 268 g/mol. The van der Waals surface area contributed by atoms with Crippen LogP contribution in [0, 0.1) is 11.3 Å². The Morgan fingerprint density at radius 3 is 2.65 bits per heavy atom. The molecule has 0 radical (unpaired) electrons. The lowest BCUT2D eigenvalue weighted by Crippen LogP contribution is -2.40. The molecule has 2 saturated heterocycles. The average Bonchev–Trinajstić information content (AvgIpc) is 2.70. The smallest absolute Gasteiger partial charge is 0.328 e. The third-order valence-electron chi connectivity index (χ3n) is 4.22. The van der Waals surface area contributed by atoms with Crippen LogP contribution < -0.4 is 4.90 Å². The standard InChI is InChI=1S/C16H16N2O2/c17-10-11-2-1-3-13(6-11)18-14-4-5-15(18)8-12(7-14)9-16(19)20/h1-3,6,9,14-15H,4-5,7-8H2,(H,19,20). The van der Waals surface area contributed by atoms with Gasteiger partial charge in [-0.15, -0.1) is 0 Å². The Bertz CT molecular complexity index is 599. The van der Waals surface area contributed by atoms with Crippen molar-refractivity contribution >= 4 is 11.7 Å². The Morgan fingerprint density at radius 2 is 2.05 bits per heavy atom. The van der Waals surface area contributed by atoms with Gasteiger partial charge in [0.2, 0.25) is 0 Å². The number of piperidine rings is 1. The van der Waals surface area contributed by atoms with E-state index in [2.05, 4.69) is 11.0 Å². The van der Waals surface area contributed by atoms with Crippen molar-refractivity contribution in [3.63, 3.8) is 0 Å². The molecule has 1 aromatic rings. The molecule has 2 unspecified atom stereocenters. The van der Waals surface area contributed by atoms with Crippen molar-refractivity contribution in [2.24, 2.45) is 0 Å². The van der Waals surface area contributed by atoms with Crippen LogP contribution in [0.5, 0.6) is 0 Å². The van der Waals surface area contributed by atoms with Gasteiger partial charge in [0.15, 0.2) is 0 Å². The summed E-state index contributed by atoms with van der Waals surface area (Å²) in [5.41, 5.74) is 2.80. The summed E-state index contributed by atoms with van der Waals surface area (Å²) in [6, 6.07) is 10.6. The molecule has 0 aliphatic carbocycles. The van der Waals surface area contributed by atoms with Crippen molar-refractivity contribution in [3.05, 3.63) is 41.5 Å². The molecule has 2 fully saturated rings. The first kappa shape index (κ1) is 12.7. The number of carboxylic acids is 1. The van der Waals surface area contributed by atoms with Gasteiger partial charge in [0.1, 0.15) is 0 Å². The number of benzene rings is 1. The summed E-state index contributed by atoms with van der Waals surface area (Å²) in [5.74, 6) is -0.848. The van der Waals surface area contributed by atoms with Crippen LogP contribution in [0.2, 0.25) is 0 Å². The molecule has 0 spiro atoms. The molecule has 4 nitrogen and oxygen atoms in total. The second kappa shape index (κ2) is 5.01. The number of carbonyl (C=O) groups is 1. The van der Waals surface area contributed by atoms with Crippen molar-refractivity contribution in [3.8, 4) is 6.07 Å². The van der Waals surface area contributed by atoms with Gasteiger partial charge in [0, 0.05) is 23.8 Å². The van der Waals surface area contributed by atoms with E-state index < -0.39 is 5.97 Å². The number of hydrogen-bond acceptors (Lipinski definition) is 3. The molecule has 0 aromatic heterocycles. The quantitative estimate of drug-likeness (QED) is 0.838. The van der Waals surface area contributed by atoms with Crippen molar-refractivity contribution < 1.29 is 9.90 Å². The Morgan fingerprint density at radius 1 is 1.35 bits per heavy atom. The highest BCUT2D eigenvalue weighted by molar-refractivity contribution is 5.80. The largest absolute Gasteiger partial charge is 0.478 e. The summed E-state index contributed by atoms with van der Waals surface area (Å²) in [6.07, 6.45) is 5.20. The van der Waals surface area contributed by atoms with Gasteiger partial charge < -0.3 is 10.0 Å². The van der Waals surface area contributed by atoms with Crippen LogP contribution in [0.4, 0.5) is 5.69 Å². The number of nitrogens with zero attached hydrogens (tertiary/aromatic N) is 2. The van der Waals surface area contributed by atoms with Crippen LogP contribution in [-0.2, 0) is 4.79 Å². The zero-order chi connectivity index (χ0) is 14.1. The van der Waals surface area contributed by atoms with Crippen LogP contribution in [0.15, 0.2) is 35.9 Å². The number of aliphatic carboxylic acids is 1. The highest BCUT2D eigenvalue weighted by atomic mass is 16.4. The summed E-state index contributed by atoms with van der Waals surface area (Å²) in [4.78, 5) is 13.2. The average molecular weight is 268 g/mol. The predicted octanol–water partition coefficient (Wildman–Crippen LogP) is 2.70. The minimum absolute atomic E-state index is 0.369. The molecule has 3 rings (SSSR count). The summed E-state index contributed by atoms with van der Waals surface area (Å²) >= 11 is 0. The Hall–Kier alpha value is -2.28. The van der Waals surface area contributed by atoms with Crippen LogP contribution >= 0.6 is 0 Å². The molecule has 2 aliphatic heterocycles. The first-order valence-electron chi connectivity index (χ1n) is 6.88. The van der Waals surface area contributed by atoms with Crippen LogP contribution in [0.3, 0.4) is 0 Å². The van der Waals surface area contributed by atoms with E-state index in [-0.39, 0.29) is 0 Å². The fourth-order valence-electron chi connectivity index (χ4n) is 3.50. The van der Waals surface area contributed by atoms with E-state index >= 15 is 0 Å². The van der Waals surface area contributed by atoms with Gasteiger partial charge in [-0.05, 0) is 43.9 Å². The van der Waals surface area contributed by atoms with E-state index in [4.69, 9.17) is 10.4 Å². The molecule has 20 heavy (non-hydrogen) atoms. The molecule has 1 N–H and O–H groups in total. The fourth-order valence-corrected chi connectivity index (χ4v) is 3.50. The zero-order valence-electron chi connectivity index (χ0n) is 11.1. The lowest BCUT2D eigenvalue weighted by Gasteiger charge is -2.38. The zero-order valence-corrected chi connectivity index (χ0v) is 11.1. The maximum Gasteiger partial charge on any atom is 0.328 e. The van der Waals surface area contributed by atoms with Gasteiger partial charge in [0.25, 0.3) is 0 Å². The van der Waals surface area contributed by atoms with Gasteiger partial charge in [-0.1, -0.05) is 11.6 Å². The highest BCUT2D eigenvalue weighted by Gasteiger charge is 2.38. The van der Waals surface area contributed by atoms with Gasteiger partial charge >= 0.3 is 5.97 Å². The van der Waals surface area contributed by atoms with Crippen molar-refractivity contribution in [2.75, 3.05) is 4.90 Å². The summed E-state index contributed by atoms with van der Waals surface area (Å²) < 4.78 is 0. The Balaban J connectivity index is 1.87. The van der Waals surface area contributed by atoms with Crippen LogP contribution in [0.1, 0.15) is 31.2 Å². The number of anilines is 1. The Labute approximate surface area is 117 Å². The topological polar surface area (TPSA) is 64.3 Å². The maximum atomic E-state index is 10.8. The minimum Gasteiger partial charge on any atom is -0.478 e. The second-order valence-electron chi connectivity index (χ2n) is 5.50. The lowest BCUT2D eigenvalue weighted by molar-refractivity contribution is -0.131. The predicted molar refractivity (Wildman–Crippen MR) is 75.4 cm³/mol. The first-order chi connectivity index (χ1) is 9.67. The number of hydrogen-bond donors (Lipinski definition) is 1. The second-order valence-corrected chi connectivity index (χ2v) is 5.50. The van der Waals surface area contributed by atoms with Crippen molar-refractivity contribution in [2.45, 2.75) is 37.8 Å². The third kappa shape index (κ3) is 2.27. The van der Waals surface area contributed by atoms with Gasteiger partial charge in [0.05, 0.1) is 11.6 Å². The molecular formula is C16H16N2O2. The first-order valence-corrected chi connectivity index (χ1v) is 6.88. The van der Waals surface area contributed by atoms with E-state index in [0.29, 0.717) is 17.6 Å². The lowest BCUT2D eigenvalue weighted by atomic mass is 9.95. The molecule has 2 heterocycles. The number of nitriles is 1. The van der Waals surface area contributed by atoms with Gasteiger partial charge in [-0.2, -0.15) is 5.26 Å². The molecule has 102 valence electrons. The van der Waals surface area contributed by atoms with E-state index in [1.807, 2.05) is 24.3 Å². The SMILES string of the molecule is N#Cc1cccc(N2C3CCC2CC(=CC(=O)O)C3)c1. The number of carboxylic acid groups (broad SMARTS) is 1. The van der Waals surface area contributed by atoms with E-state index in [9.17, 15) is 4.79 Å². The summed E-state index contributed by atoms with van der Waals surface area (Å²) in [6.45, 7) is 0. The van der Waals surface area contributed by atoms with Gasteiger partial charge in [-0.25, -0.2) is 4.79 Å². The van der Waals surface area contributed by atoms with E-state index in [1.54, 1.807) is 0 Å². The molecular weight excluding hydrogens is 252 g/mol. The van der Waals surface area contributed by atoms with Gasteiger partial charge in [-0.3, -0.25) is 0 Å². The van der Waals surface area contributed by atoms with Crippen LogP contribution in [0.25, 0.3) is 0 Å². The molecule has 2 bridgehead atoms. The van der Waals surface area contributed by atoms with Crippen LogP contribution in [-0.4, -0.2) is 23.2 Å². The molecule has 4 heteroatoms. The third-order valence-corrected chi connectivity index (χ3v) is 4.22. The summed E-state index contributed by atoms with van der Waals surface area (Å²) in [5, 5.41) is 17.9. The molecule has 2 atom stereocenters. The van der Waals surface area contributed by atoms with Crippen molar-refractivity contribution in [1.82, 2.24) is 0 Å². The highest BCUT2D eigenvalue weighted by Crippen LogP contribution is 2.41. The van der Waals surface area contributed by atoms with E-state index in [1.165, 1.54) is 6.08 Å². The Kier molecular flexibility index (Phi) is 3.19. The number of rotatable bonds is 2. The van der Waals surface area contributed by atoms with Crippen molar-refractivity contribution in [1.29, 1.82) is 5.26 Å². The summed E-state index contributed by atoms with van der Waals surface area (Å²) in [7, 11) is 0. The normalized spacial score (nSPS) is 24.4.